The van der Waals surface area contributed by atoms with Gasteiger partial charge in [-0.25, -0.2) is 0 Å². The summed E-state index contributed by atoms with van der Waals surface area (Å²) in [4.78, 5) is 11.9. The van der Waals surface area contributed by atoms with E-state index in [4.69, 9.17) is 0 Å². The maximum atomic E-state index is 11.9. The first-order valence-electron chi connectivity index (χ1n) is 15.1. The van der Waals surface area contributed by atoms with Gasteiger partial charge in [-0.15, -0.1) is 0 Å². The van der Waals surface area contributed by atoms with Gasteiger partial charge in [0.15, 0.2) is 0 Å². The van der Waals surface area contributed by atoms with Crippen molar-refractivity contribution in [2.45, 2.75) is 130 Å². The fraction of sp³-hybridized carbons (Fsp3) is 0.727. The third-order valence-corrected chi connectivity index (χ3v) is 8.34. The van der Waals surface area contributed by atoms with Gasteiger partial charge in [0.05, 0.1) is 20.1 Å². The van der Waals surface area contributed by atoms with Crippen LogP contribution in [-0.2, 0) is 10.3 Å². The Bertz CT molecular complexity index is 718. The molecule has 214 valence electrons. The van der Waals surface area contributed by atoms with E-state index in [2.05, 4.69) is 70.0 Å². The van der Waals surface area contributed by atoms with E-state index in [1.54, 1.807) is 6.92 Å². The van der Waals surface area contributed by atoms with Gasteiger partial charge in [-0.05, 0) is 33.6 Å². The molecule has 1 atom stereocenters. The first-order valence-corrected chi connectivity index (χ1v) is 15.1. The smallest absolute Gasteiger partial charge is 0.246 e. The molecule has 0 aliphatic rings. The fourth-order valence-electron chi connectivity index (χ4n) is 5.26. The number of nitrogens with one attached hydrogen (secondary N) is 1. The van der Waals surface area contributed by atoms with E-state index >= 15 is 0 Å². The molecule has 1 aromatic carbocycles. The third kappa shape index (κ3) is 14.4. The molecule has 0 fully saturated rings. The molecule has 0 saturated carbocycles. The molecule has 1 amide bonds. The van der Waals surface area contributed by atoms with Crippen LogP contribution in [0.4, 0.5) is 0 Å². The van der Waals surface area contributed by atoms with Gasteiger partial charge in [0.1, 0.15) is 5.54 Å². The van der Waals surface area contributed by atoms with Crippen LogP contribution in [-0.4, -0.2) is 37.1 Å². The first-order chi connectivity index (χ1) is 17.2. The number of nitrogens with zero attached hydrogens (tertiary/aromatic N) is 1. The molecule has 1 unspecified atom stereocenters. The number of halogens is 1. The lowest BCUT2D eigenvalue weighted by Gasteiger charge is -2.48. The van der Waals surface area contributed by atoms with Gasteiger partial charge in [0.2, 0.25) is 5.91 Å². The summed E-state index contributed by atoms with van der Waals surface area (Å²) in [7, 11) is 2.41. The predicted molar refractivity (Wildman–Crippen MR) is 158 cm³/mol. The molecule has 0 bridgehead atoms. The summed E-state index contributed by atoms with van der Waals surface area (Å²) in [6, 6.07) is 10.9. The molecule has 4 heteroatoms. The van der Waals surface area contributed by atoms with Crippen molar-refractivity contribution in [1.29, 1.82) is 0 Å². The van der Waals surface area contributed by atoms with Gasteiger partial charge in [-0.2, -0.15) is 0 Å². The minimum absolute atomic E-state index is 0. The van der Waals surface area contributed by atoms with Gasteiger partial charge >= 0.3 is 0 Å². The Labute approximate surface area is 236 Å². The summed E-state index contributed by atoms with van der Waals surface area (Å²) >= 11 is 0. The number of hydrogen-bond donors (Lipinski definition) is 1. The molecule has 0 saturated heterocycles. The Kier molecular flexibility index (Phi) is 19.9. The molecule has 1 N–H and O–H groups in total. The standard InChI is InChI=1S/C33H58N2O.ClH/c1-7-8-9-10-11-12-13-14-15-16-17-18-19-23-28-35(6,29-24-27-34-32(36)30(2)3)33(4,5)31-25-21-20-22-26-31;/h20-22,25-26H,2,7-19,23-24,27-29H2,1,3-6H3;1H. The highest BCUT2D eigenvalue weighted by Crippen LogP contribution is 2.34. The zero-order valence-electron chi connectivity index (χ0n) is 25.1. The Balaban J connectivity index is 0.0000130. The highest BCUT2D eigenvalue weighted by Gasteiger charge is 2.40. The van der Waals surface area contributed by atoms with Crippen molar-refractivity contribution in [1.82, 2.24) is 5.32 Å². The predicted octanol–water partition coefficient (Wildman–Crippen LogP) is 5.94. The monoisotopic (exact) mass is 534 g/mol. The van der Waals surface area contributed by atoms with Crippen LogP contribution >= 0.6 is 0 Å². The molecular formula is C33H59ClN2O. The SMILES string of the molecule is C=C(C)C(=O)NCCC[N+](C)(CCCCCCCCCCCCCCCC)C(C)(C)c1ccccc1.[Cl-]. The Morgan fingerprint density at radius 1 is 0.784 bits per heavy atom. The number of unbranched alkanes of at least 4 members (excludes halogenated alkanes) is 13. The van der Waals surface area contributed by atoms with E-state index in [1.807, 2.05) is 0 Å². The molecule has 0 aromatic heterocycles. The van der Waals surface area contributed by atoms with Crippen molar-refractivity contribution in [2.75, 3.05) is 26.7 Å². The lowest BCUT2D eigenvalue weighted by atomic mass is 9.89. The molecule has 0 aliphatic carbocycles. The van der Waals surface area contributed by atoms with Crippen LogP contribution < -0.4 is 17.7 Å². The summed E-state index contributed by atoms with van der Waals surface area (Å²) < 4.78 is 0.998. The molecule has 0 heterocycles. The van der Waals surface area contributed by atoms with Gasteiger partial charge < -0.3 is 22.2 Å². The van der Waals surface area contributed by atoms with Gasteiger partial charge in [-0.3, -0.25) is 4.79 Å². The van der Waals surface area contributed by atoms with E-state index in [1.165, 1.54) is 102 Å². The quantitative estimate of drug-likeness (QED) is 0.111. The van der Waals surface area contributed by atoms with Crippen LogP contribution in [0.1, 0.15) is 130 Å². The van der Waals surface area contributed by atoms with Gasteiger partial charge in [0.25, 0.3) is 0 Å². The lowest BCUT2D eigenvalue weighted by molar-refractivity contribution is -0.963. The van der Waals surface area contributed by atoms with Crippen molar-refractivity contribution in [3.05, 3.63) is 48.0 Å². The van der Waals surface area contributed by atoms with Gasteiger partial charge in [0, 0.05) is 24.1 Å². The van der Waals surface area contributed by atoms with Gasteiger partial charge in [-0.1, -0.05) is 121 Å². The highest BCUT2D eigenvalue weighted by molar-refractivity contribution is 5.91. The van der Waals surface area contributed by atoms with Crippen LogP contribution in [0.2, 0.25) is 0 Å². The number of rotatable bonds is 22. The summed E-state index contributed by atoms with van der Waals surface area (Å²) in [5.41, 5.74) is 2.00. The van der Waals surface area contributed by atoms with Crippen molar-refractivity contribution in [2.24, 2.45) is 0 Å². The number of carbonyl (C=O) groups excluding carboxylic acids is 1. The van der Waals surface area contributed by atoms with Crippen LogP contribution in [0.3, 0.4) is 0 Å². The Hall–Kier alpha value is -1.32. The van der Waals surface area contributed by atoms with E-state index < -0.39 is 0 Å². The van der Waals surface area contributed by atoms with Crippen LogP contribution in [0, 0.1) is 0 Å². The Morgan fingerprint density at radius 3 is 1.68 bits per heavy atom. The van der Waals surface area contributed by atoms with Crippen LogP contribution in [0.25, 0.3) is 0 Å². The number of amides is 1. The van der Waals surface area contributed by atoms with E-state index in [-0.39, 0.29) is 23.9 Å². The van der Waals surface area contributed by atoms with Crippen molar-refractivity contribution in [3.63, 3.8) is 0 Å². The average Bonchev–Trinajstić information content (AvgIpc) is 2.87. The number of hydrogen-bond acceptors (Lipinski definition) is 1. The van der Waals surface area contributed by atoms with E-state index in [0.717, 1.165) is 17.4 Å². The molecule has 3 nitrogen and oxygen atoms in total. The minimum atomic E-state index is -0.0292. The highest BCUT2D eigenvalue weighted by atomic mass is 35.5. The molecule has 0 spiro atoms. The maximum absolute atomic E-state index is 11.9. The fourth-order valence-corrected chi connectivity index (χ4v) is 5.26. The largest absolute Gasteiger partial charge is 1.00 e. The summed E-state index contributed by atoms with van der Waals surface area (Å²) in [5, 5.41) is 3.02. The first kappa shape index (κ1) is 35.7. The second-order valence-corrected chi connectivity index (χ2v) is 11.8. The molecule has 37 heavy (non-hydrogen) atoms. The molecular weight excluding hydrogens is 476 g/mol. The lowest BCUT2D eigenvalue weighted by Crippen LogP contribution is -3.00. The zero-order valence-corrected chi connectivity index (χ0v) is 25.8. The molecule has 1 aromatic rings. The summed E-state index contributed by atoms with van der Waals surface area (Å²) in [5.74, 6) is -0.0292. The van der Waals surface area contributed by atoms with Crippen molar-refractivity contribution in [3.8, 4) is 0 Å². The number of carbonyl (C=O) groups is 1. The second-order valence-electron chi connectivity index (χ2n) is 11.8. The normalized spacial score (nSPS) is 13.0. The maximum Gasteiger partial charge on any atom is 0.246 e. The second kappa shape index (κ2) is 20.6. The van der Waals surface area contributed by atoms with E-state index in [0.29, 0.717) is 12.1 Å². The number of benzene rings is 1. The van der Waals surface area contributed by atoms with Crippen LogP contribution in [0.5, 0.6) is 0 Å². The summed E-state index contributed by atoms with van der Waals surface area (Å²) in [6.07, 6.45) is 20.5. The molecule has 0 radical (unpaired) electrons. The third-order valence-electron chi connectivity index (χ3n) is 8.34. The number of quaternary nitrogens is 1. The van der Waals surface area contributed by atoms with Crippen molar-refractivity contribution >= 4 is 5.91 Å². The Morgan fingerprint density at radius 2 is 1.22 bits per heavy atom. The molecule has 1 rings (SSSR count). The zero-order chi connectivity index (χ0) is 26.7. The topological polar surface area (TPSA) is 29.1 Å². The van der Waals surface area contributed by atoms with E-state index in [9.17, 15) is 4.79 Å². The van der Waals surface area contributed by atoms with Crippen LogP contribution in [0.15, 0.2) is 42.5 Å². The van der Waals surface area contributed by atoms with Crippen molar-refractivity contribution < 1.29 is 21.7 Å². The summed E-state index contributed by atoms with van der Waals surface area (Å²) in [6.45, 7) is 15.5. The minimum Gasteiger partial charge on any atom is -1.00 e. The average molecular weight is 535 g/mol. The molecule has 0 aliphatic heterocycles.